The van der Waals surface area contributed by atoms with Crippen LogP contribution in [0.3, 0.4) is 0 Å². The highest BCUT2D eigenvalue weighted by Gasteiger charge is 2.36. The number of rotatable bonds is 1. The van der Waals surface area contributed by atoms with Crippen molar-refractivity contribution in [3.63, 3.8) is 0 Å². The number of hydrogen-bond acceptors (Lipinski definition) is 1. The Balaban J connectivity index is 1.69. The van der Waals surface area contributed by atoms with Gasteiger partial charge < -0.3 is 0 Å². The minimum Gasteiger partial charge on any atom is -0.135 e. The third kappa shape index (κ3) is 2.05. The molecule has 0 aliphatic heterocycles. The summed E-state index contributed by atoms with van der Waals surface area (Å²) < 4.78 is 2.75. The van der Waals surface area contributed by atoms with Gasteiger partial charge in [0.25, 0.3) is 0 Å². The second-order valence-electron chi connectivity index (χ2n) is 8.21. The lowest BCUT2D eigenvalue weighted by Gasteiger charge is -2.21. The van der Waals surface area contributed by atoms with Crippen molar-refractivity contribution in [1.29, 1.82) is 0 Å². The maximum absolute atomic E-state index is 2.35. The number of thiophene rings is 1. The topological polar surface area (TPSA) is 0 Å². The van der Waals surface area contributed by atoms with Crippen molar-refractivity contribution in [3.8, 4) is 22.3 Å². The maximum atomic E-state index is 2.35. The lowest BCUT2D eigenvalue weighted by Crippen LogP contribution is -2.14. The summed E-state index contributed by atoms with van der Waals surface area (Å²) in [5, 5.41) is 2.80. The van der Waals surface area contributed by atoms with Crippen LogP contribution >= 0.6 is 11.3 Å². The molecule has 0 amide bonds. The molecule has 6 rings (SSSR count). The molecule has 0 atom stereocenters. The van der Waals surface area contributed by atoms with Crippen molar-refractivity contribution in [3.05, 3.63) is 96.1 Å². The molecule has 0 nitrogen and oxygen atoms in total. The van der Waals surface area contributed by atoms with Crippen LogP contribution in [0.1, 0.15) is 25.0 Å². The first-order valence-corrected chi connectivity index (χ1v) is 10.6. The van der Waals surface area contributed by atoms with Gasteiger partial charge in [0.1, 0.15) is 0 Å². The highest BCUT2D eigenvalue weighted by molar-refractivity contribution is 7.26. The largest absolute Gasteiger partial charge is 0.135 e. The molecule has 1 aromatic heterocycles. The molecular weight excluding hydrogens is 356 g/mol. The fraction of sp³-hybridized carbons (Fsp3) is 0.111. The molecule has 1 aliphatic rings. The van der Waals surface area contributed by atoms with Crippen LogP contribution in [0.25, 0.3) is 42.4 Å². The Bertz CT molecular complexity index is 1370. The van der Waals surface area contributed by atoms with E-state index in [2.05, 4.69) is 98.8 Å². The average Bonchev–Trinajstić information content (AvgIpc) is 3.21. The fourth-order valence-corrected chi connectivity index (χ4v) is 6.02. The Morgan fingerprint density at radius 2 is 1.43 bits per heavy atom. The summed E-state index contributed by atoms with van der Waals surface area (Å²) in [7, 11) is 0. The van der Waals surface area contributed by atoms with Crippen LogP contribution in [-0.2, 0) is 5.41 Å². The predicted octanol–water partition coefficient (Wildman–Crippen LogP) is 8.03. The van der Waals surface area contributed by atoms with Gasteiger partial charge in [-0.1, -0.05) is 86.6 Å². The van der Waals surface area contributed by atoms with Crippen LogP contribution in [0.5, 0.6) is 0 Å². The Morgan fingerprint density at radius 1 is 0.643 bits per heavy atom. The summed E-state index contributed by atoms with van der Waals surface area (Å²) in [6.07, 6.45) is 0. The summed E-state index contributed by atoms with van der Waals surface area (Å²) >= 11 is 1.91. The zero-order valence-electron chi connectivity index (χ0n) is 16.0. The smallest absolute Gasteiger partial charge is 0.0361 e. The van der Waals surface area contributed by atoms with Crippen molar-refractivity contribution in [2.45, 2.75) is 19.3 Å². The Kier molecular flexibility index (Phi) is 3.19. The van der Waals surface area contributed by atoms with Crippen LogP contribution in [0, 0.1) is 0 Å². The molecule has 0 bridgehead atoms. The molecule has 0 N–H and O–H groups in total. The van der Waals surface area contributed by atoms with E-state index in [4.69, 9.17) is 0 Å². The van der Waals surface area contributed by atoms with Crippen molar-refractivity contribution in [1.82, 2.24) is 0 Å². The standard InChI is InChI=1S/C27H20S/c1-27(2)21-11-7-6-10-19(21)25-22(27)14-15-23-26(25)20-13-12-18(16-24(20)28-23)17-8-4-3-5-9-17/h3-16H,1-2H3. The number of fused-ring (bicyclic) bond motifs is 7. The van der Waals surface area contributed by atoms with Gasteiger partial charge in [-0.05, 0) is 45.5 Å². The Morgan fingerprint density at radius 3 is 2.29 bits per heavy atom. The van der Waals surface area contributed by atoms with E-state index >= 15 is 0 Å². The molecule has 1 heteroatoms. The molecule has 1 aliphatic carbocycles. The Hall–Kier alpha value is -2.90. The highest BCUT2D eigenvalue weighted by atomic mass is 32.1. The molecule has 0 fully saturated rings. The first-order valence-electron chi connectivity index (χ1n) is 9.79. The van der Waals surface area contributed by atoms with E-state index in [9.17, 15) is 0 Å². The van der Waals surface area contributed by atoms with Gasteiger partial charge in [-0.3, -0.25) is 0 Å². The van der Waals surface area contributed by atoms with Crippen LogP contribution in [0.2, 0.25) is 0 Å². The predicted molar refractivity (Wildman–Crippen MR) is 122 cm³/mol. The second-order valence-corrected chi connectivity index (χ2v) is 9.29. The Labute approximate surface area is 169 Å². The monoisotopic (exact) mass is 376 g/mol. The summed E-state index contributed by atoms with van der Waals surface area (Å²) in [5.74, 6) is 0. The molecule has 0 spiro atoms. The third-order valence-corrected chi connectivity index (χ3v) is 7.41. The van der Waals surface area contributed by atoms with Gasteiger partial charge in [-0.2, -0.15) is 0 Å². The molecule has 0 radical (unpaired) electrons. The summed E-state index contributed by atoms with van der Waals surface area (Å²) in [5.41, 5.74) is 8.36. The molecule has 1 heterocycles. The van der Waals surface area contributed by atoms with E-state index in [-0.39, 0.29) is 5.41 Å². The maximum Gasteiger partial charge on any atom is 0.0361 e. The van der Waals surface area contributed by atoms with E-state index in [0.717, 1.165) is 0 Å². The normalized spacial score (nSPS) is 14.4. The van der Waals surface area contributed by atoms with Crippen LogP contribution < -0.4 is 0 Å². The van der Waals surface area contributed by atoms with Crippen LogP contribution in [0.15, 0.2) is 84.9 Å². The van der Waals surface area contributed by atoms with Gasteiger partial charge in [0.05, 0.1) is 0 Å². The summed E-state index contributed by atoms with van der Waals surface area (Å²) in [4.78, 5) is 0. The van der Waals surface area contributed by atoms with E-state index in [1.165, 1.54) is 53.6 Å². The van der Waals surface area contributed by atoms with Crippen LogP contribution in [0.4, 0.5) is 0 Å². The van der Waals surface area contributed by atoms with E-state index < -0.39 is 0 Å². The van der Waals surface area contributed by atoms with Gasteiger partial charge in [-0.25, -0.2) is 0 Å². The van der Waals surface area contributed by atoms with Gasteiger partial charge >= 0.3 is 0 Å². The molecule has 134 valence electrons. The van der Waals surface area contributed by atoms with E-state index in [1.54, 1.807) is 0 Å². The highest BCUT2D eigenvalue weighted by Crippen LogP contribution is 2.53. The molecule has 0 saturated carbocycles. The van der Waals surface area contributed by atoms with Gasteiger partial charge in [0.15, 0.2) is 0 Å². The zero-order valence-corrected chi connectivity index (χ0v) is 16.8. The molecular formula is C27H20S. The molecule has 0 unspecified atom stereocenters. The van der Waals surface area contributed by atoms with Gasteiger partial charge in [0, 0.05) is 25.6 Å². The first kappa shape index (κ1) is 16.1. The van der Waals surface area contributed by atoms with Crippen molar-refractivity contribution >= 4 is 31.5 Å². The zero-order chi connectivity index (χ0) is 18.9. The molecule has 28 heavy (non-hydrogen) atoms. The van der Waals surface area contributed by atoms with Crippen molar-refractivity contribution < 1.29 is 0 Å². The quantitative estimate of drug-likeness (QED) is 0.278. The number of benzene rings is 4. The van der Waals surface area contributed by atoms with Crippen molar-refractivity contribution in [2.75, 3.05) is 0 Å². The second kappa shape index (κ2) is 5.56. The van der Waals surface area contributed by atoms with E-state index in [0.29, 0.717) is 0 Å². The summed E-state index contributed by atoms with van der Waals surface area (Å²) in [6, 6.07) is 31.2. The van der Waals surface area contributed by atoms with Crippen molar-refractivity contribution in [2.24, 2.45) is 0 Å². The lowest BCUT2D eigenvalue weighted by atomic mass is 9.82. The third-order valence-electron chi connectivity index (χ3n) is 6.29. The minimum atomic E-state index is 0.0539. The molecule has 4 aromatic carbocycles. The van der Waals surface area contributed by atoms with E-state index in [1.807, 2.05) is 11.3 Å². The minimum absolute atomic E-state index is 0.0539. The fourth-order valence-electron chi connectivity index (χ4n) is 4.87. The summed E-state index contributed by atoms with van der Waals surface area (Å²) in [6.45, 7) is 4.71. The van der Waals surface area contributed by atoms with Gasteiger partial charge in [-0.15, -0.1) is 11.3 Å². The lowest BCUT2D eigenvalue weighted by molar-refractivity contribution is 0.661. The first-order chi connectivity index (χ1) is 13.6. The number of hydrogen-bond donors (Lipinski definition) is 0. The SMILES string of the molecule is CC1(C)c2ccccc2-c2c1ccc1sc3cc(-c4ccccc4)ccc3c21. The van der Waals surface area contributed by atoms with Gasteiger partial charge in [0.2, 0.25) is 0 Å². The molecule has 5 aromatic rings. The molecule has 0 saturated heterocycles. The van der Waals surface area contributed by atoms with Crippen LogP contribution in [-0.4, -0.2) is 0 Å². The average molecular weight is 377 g/mol.